The molecule has 0 unspecified atom stereocenters. The molecule has 0 radical (unpaired) electrons. The molecule has 7 nitrogen and oxygen atoms in total. The van der Waals surface area contributed by atoms with Crippen molar-refractivity contribution in [2.75, 3.05) is 12.4 Å². The van der Waals surface area contributed by atoms with Gasteiger partial charge < -0.3 is 14.8 Å². The molecule has 0 heterocycles. The molecule has 164 valence electrons. The van der Waals surface area contributed by atoms with E-state index in [1.165, 1.54) is 25.3 Å². The van der Waals surface area contributed by atoms with Crippen LogP contribution < -0.4 is 19.5 Å². The van der Waals surface area contributed by atoms with Gasteiger partial charge in [0.1, 0.15) is 11.5 Å². The minimum absolute atomic E-state index is 0.0334. The molecule has 0 saturated carbocycles. The molecule has 0 aliphatic rings. The lowest BCUT2D eigenvalue weighted by Gasteiger charge is -2.19. The molecule has 0 saturated heterocycles. The maximum absolute atomic E-state index is 12.7. The summed E-state index contributed by atoms with van der Waals surface area (Å²) in [6.45, 7) is 11.0. The predicted octanol–water partition coefficient (Wildman–Crippen LogP) is 3.71. The van der Waals surface area contributed by atoms with E-state index in [2.05, 4.69) is 16.1 Å². The van der Waals surface area contributed by atoms with E-state index >= 15 is 0 Å². The number of methoxy groups -OCH3 is 1. The summed E-state index contributed by atoms with van der Waals surface area (Å²) in [6.07, 6.45) is -0.802. The monoisotopic (exact) mass is 434 g/mol. The molecule has 2 N–H and O–H groups in total. The summed E-state index contributed by atoms with van der Waals surface area (Å²) in [6, 6.07) is 7.98. The van der Waals surface area contributed by atoms with Crippen LogP contribution in [0.4, 0.5) is 5.69 Å². The highest BCUT2D eigenvalue weighted by Crippen LogP contribution is 2.29. The Labute approximate surface area is 178 Å². The second-order valence-electron chi connectivity index (χ2n) is 7.59. The van der Waals surface area contributed by atoms with E-state index in [1.54, 1.807) is 20.8 Å². The average molecular weight is 435 g/mol. The molecule has 0 aliphatic heterocycles. The molecule has 0 aromatic heterocycles. The number of rotatable bonds is 8. The van der Waals surface area contributed by atoms with Gasteiger partial charge >= 0.3 is 0 Å². The first kappa shape index (κ1) is 23.7. The lowest BCUT2D eigenvalue weighted by Crippen LogP contribution is -2.31. The Morgan fingerprint density at radius 1 is 1.00 bits per heavy atom. The van der Waals surface area contributed by atoms with Crippen LogP contribution in [-0.2, 0) is 14.8 Å². The first-order valence-corrected chi connectivity index (χ1v) is 11.2. The topological polar surface area (TPSA) is 93.7 Å². The van der Waals surface area contributed by atoms with Gasteiger partial charge in [0.15, 0.2) is 6.10 Å². The van der Waals surface area contributed by atoms with E-state index in [9.17, 15) is 13.2 Å². The van der Waals surface area contributed by atoms with E-state index in [4.69, 9.17) is 9.47 Å². The van der Waals surface area contributed by atoms with Crippen molar-refractivity contribution in [1.82, 2.24) is 4.72 Å². The largest absolute Gasteiger partial charge is 0.495 e. The average Bonchev–Trinajstić information content (AvgIpc) is 2.64. The molecule has 0 fully saturated rings. The Morgan fingerprint density at radius 2 is 1.67 bits per heavy atom. The summed E-state index contributed by atoms with van der Waals surface area (Å²) in [7, 11) is -2.27. The summed E-state index contributed by atoms with van der Waals surface area (Å²) >= 11 is 0. The molecule has 1 amide bonds. The first-order chi connectivity index (χ1) is 13.9. The number of hydrogen-bond donors (Lipinski definition) is 2. The zero-order chi connectivity index (χ0) is 22.6. The molecular formula is C22H30N2O5S. The van der Waals surface area contributed by atoms with Gasteiger partial charge in [-0.1, -0.05) is 6.07 Å². The van der Waals surface area contributed by atoms with Crippen LogP contribution in [-0.4, -0.2) is 33.6 Å². The number of amides is 1. The summed E-state index contributed by atoms with van der Waals surface area (Å²) in [5.74, 6) is 0.569. The number of carbonyl (C=O) groups excluding carboxylic acids is 1. The normalized spacial score (nSPS) is 12.5. The maximum Gasteiger partial charge on any atom is 0.265 e. The minimum Gasteiger partial charge on any atom is -0.495 e. The fourth-order valence-electron chi connectivity index (χ4n) is 2.93. The molecule has 0 spiro atoms. The Kier molecular flexibility index (Phi) is 7.49. The lowest BCUT2D eigenvalue weighted by atomic mass is 10.1. The van der Waals surface area contributed by atoms with Gasteiger partial charge in [-0.25, -0.2) is 13.1 Å². The Bertz CT molecular complexity index is 1030. The van der Waals surface area contributed by atoms with Gasteiger partial charge in [-0.2, -0.15) is 0 Å². The predicted molar refractivity (Wildman–Crippen MR) is 118 cm³/mol. The second kappa shape index (κ2) is 9.49. The number of aryl methyl sites for hydroxylation is 2. The van der Waals surface area contributed by atoms with Crippen LogP contribution in [0.3, 0.4) is 0 Å². The van der Waals surface area contributed by atoms with Gasteiger partial charge in [0.2, 0.25) is 10.0 Å². The molecule has 0 bridgehead atoms. The number of carbonyl (C=O) groups is 1. The van der Waals surface area contributed by atoms with Crippen LogP contribution in [0, 0.1) is 20.8 Å². The third-order valence-electron chi connectivity index (χ3n) is 4.57. The van der Waals surface area contributed by atoms with Crippen molar-refractivity contribution in [1.29, 1.82) is 0 Å². The molecule has 8 heteroatoms. The summed E-state index contributed by atoms with van der Waals surface area (Å²) in [4.78, 5) is 12.8. The zero-order valence-electron chi connectivity index (χ0n) is 18.5. The summed E-state index contributed by atoms with van der Waals surface area (Å²) in [5, 5.41) is 2.71. The number of hydrogen-bond acceptors (Lipinski definition) is 5. The second-order valence-corrected chi connectivity index (χ2v) is 9.31. The van der Waals surface area contributed by atoms with Gasteiger partial charge in [-0.05, 0) is 82.5 Å². The van der Waals surface area contributed by atoms with E-state index in [0.29, 0.717) is 11.5 Å². The van der Waals surface area contributed by atoms with Gasteiger partial charge in [-0.15, -0.1) is 0 Å². The van der Waals surface area contributed by atoms with E-state index in [0.717, 1.165) is 16.7 Å². The van der Waals surface area contributed by atoms with Gasteiger partial charge in [0, 0.05) is 6.04 Å². The third-order valence-corrected chi connectivity index (χ3v) is 6.22. The molecule has 2 aromatic rings. The fourth-order valence-corrected chi connectivity index (χ4v) is 4.21. The highest BCUT2D eigenvalue weighted by atomic mass is 32.2. The van der Waals surface area contributed by atoms with E-state index < -0.39 is 22.0 Å². The minimum atomic E-state index is -3.71. The highest BCUT2D eigenvalue weighted by Gasteiger charge is 2.21. The number of benzene rings is 2. The summed E-state index contributed by atoms with van der Waals surface area (Å²) in [5.41, 5.74) is 3.33. The van der Waals surface area contributed by atoms with Crippen molar-refractivity contribution in [3.8, 4) is 11.5 Å². The fraction of sp³-hybridized carbons (Fsp3) is 0.409. The Morgan fingerprint density at radius 3 is 2.27 bits per heavy atom. The Hall–Kier alpha value is -2.58. The SMILES string of the molecule is COc1ccc(S(=O)(=O)NC(C)C)cc1NC(=O)[C@@H](C)Oc1cc(C)cc(C)c1C. The standard InChI is InChI=1S/C22H30N2O5S/c1-13(2)24-30(26,27)18-8-9-20(28-7)19(12-18)23-22(25)17(6)29-21-11-14(3)10-15(4)16(21)5/h8-13,17,24H,1-7H3,(H,23,25)/t17-/m1/s1. The van der Waals surface area contributed by atoms with Gasteiger partial charge in [0.25, 0.3) is 5.91 Å². The van der Waals surface area contributed by atoms with Gasteiger partial charge in [0.05, 0.1) is 17.7 Å². The zero-order valence-corrected chi connectivity index (χ0v) is 19.3. The van der Waals surface area contributed by atoms with Crippen molar-refractivity contribution in [2.24, 2.45) is 0 Å². The smallest absolute Gasteiger partial charge is 0.265 e. The van der Waals surface area contributed by atoms with E-state index in [1.807, 2.05) is 26.8 Å². The van der Waals surface area contributed by atoms with Crippen LogP contribution in [0.1, 0.15) is 37.5 Å². The molecule has 2 rings (SSSR count). The van der Waals surface area contributed by atoms with Crippen molar-refractivity contribution >= 4 is 21.6 Å². The Balaban J connectivity index is 2.26. The molecule has 2 aromatic carbocycles. The van der Waals surface area contributed by atoms with Crippen molar-refractivity contribution in [3.05, 3.63) is 47.0 Å². The van der Waals surface area contributed by atoms with Crippen molar-refractivity contribution in [3.63, 3.8) is 0 Å². The van der Waals surface area contributed by atoms with Crippen molar-refractivity contribution < 1.29 is 22.7 Å². The van der Waals surface area contributed by atoms with E-state index in [-0.39, 0.29) is 16.6 Å². The number of sulfonamides is 1. The molecule has 30 heavy (non-hydrogen) atoms. The van der Waals surface area contributed by atoms with Crippen LogP contribution in [0.2, 0.25) is 0 Å². The van der Waals surface area contributed by atoms with Crippen LogP contribution >= 0.6 is 0 Å². The lowest BCUT2D eigenvalue weighted by molar-refractivity contribution is -0.122. The highest BCUT2D eigenvalue weighted by molar-refractivity contribution is 7.89. The first-order valence-electron chi connectivity index (χ1n) is 9.70. The van der Waals surface area contributed by atoms with Crippen molar-refractivity contribution in [2.45, 2.75) is 58.6 Å². The van der Waals surface area contributed by atoms with Gasteiger partial charge in [-0.3, -0.25) is 4.79 Å². The maximum atomic E-state index is 12.7. The molecule has 0 aliphatic carbocycles. The third kappa shape index (κ3) is 5.73. The number of anilines is 1. The van der Waals surface area contributed by atoms with Crippen LogP contribution in [0.25, 0.3) is 0 Å². The molecule has 1 atom stereocenters. The van der Waals surface area contributed by atoms with Crippen LogP contribution in [0.15, 0.2) is 35.2 Å². The summed E-state index contributed by atoms with van der Waals surface area (Å²) < 4.78 is 38.6. The molecular weight excluding hydrogens is 404 g/mol. The number of nitrogens with one attached hydrogen (secondary N) is 2. The quantitative estimate of drug-likeness (QED) is 0.661. The number of ether oxygens (including phenoxy) is 2. The van der Waals surface area contributed by atoms with Crippen LogP contribution in [0.5, 0.6) is 11.5 Å².